The number of ketones is 1. The molecule has 3 rings (SSSR count). The summed E-state index contributed by atoms with van der Waals surface area (Å²) in [5.41, 5.74) is 0.572. The van der Waals surface area contributed by atoms with E-state index in [0.29, 0.717) is 11.3 Å². The summed E-state index contributed by atoms with van der Waals surface area (Å²) in [5, 5.41) is 29.8. The molecule has 0 saturated carbocycles. The lowest BCUT2D eigenvalue weighted by atomic mass is 9.88. The lowest BCUT2D eigenvalue weighted by Crippen LogP contribution is -2.17. The van der Waals surface area contributed by atoms with Crippen LogP contribution >= 0.6 is 0 Å². The van der Waals surface area contributed by atoms with Gasteiger partial charge in [0.1, 0.15) is 5.75 Å². The summed E-state index contributed by atoms with van der Waals surface area (Å²) in [6, 6.07) is 8.02. The summed E-state index contributed by atoms with van der Waals surface area (Å²) >= 11 is 0. The van der Waals surface area contributed by atoms with Crippen molar-refractivity contribution in [2.24, 2.45) is 4.99 Å². The molecule has 1 heterocycles. The largest absolute Gasteiger partial charge is 0.508 e. The molecule has 0 amide bonds. The maximum Gasteiger partial charge on any atom is 0.311 e. The topological polar surface area (TPSA) is 113 Å². The van der Waals surface area contributed by atoms with Gasteiger partial charge in [-0.25, -0.2) is 0 Å². The molecule has 7 nitrogen and oxygen atoms in total. The third-order valence-electron chi connectivity index (χ3n) is 3.45. The maximum absolute atomic E-state index is 12.5. The van der Waals surface area contributed by atoms with E-state index in [-0.39, 0.29) is 17.1 Å². The zero-order valence-corrected chi connectivity index (χ0v) is 11.1. The van der Waals surface area contributed by atoms with Gasteiger partial charge in [-0.15, -0.1) is 0 Å². The first-order valence-corrected chi connectivity index (χ1v) is 6.36. The molecule has 0 radical (unpaired) electrons. The van der Waals surface area contributed by atoms with Crippen molar-refractivity contribution in [3.05, 3.63) is 57.6 Å². The van der Waals surface area contributed by atoms with Gasteiger partial charge in [-0.05, 0) is 29.8 Å². The summed E-state index contributed by atoms with van der Waals surface area (Å²) in [6.07, 6.45) is 1.40. The van der Waals surface area contributed by atoms with Crippen LogP contribution in [0.4, 0.5) is 11.4 Å². The van der Waals surface area contributed by atoms with Gasteiger partial charge in [0.15, 0.2) is 11.5 Å². The molecule has 0 saturated heterocycles. The first kappa shape index (κ1) is 13.7. The Morgan fingerprint density at radius 3 is 2.64 bits per heavy atom. The lowest BCUT2D eigenvalue weighted by molar-refractivity contribution is -0.385. The van der Waals surface area contributed by atoms with Crippen LogP contribution in [0.3, 0.4) is 0 Å². The predicted octanol–water partition coefficient (Wildman–Crippen LogP) is 2.69. The van der Waals surface area contributed by atoms with Crippen LogP contribution < -0.4 is 0 Å². The van der Waals surface area contributed by atoms with Crippen molar-refractivity contribution >= 4 is 23.4 Å². The minimum Gasteiger partial charge on any atom is -0.508 e. The highest BCUT2D eigenvalue weighted by molar-refractivity contribution is 6.16. The molecule has 7 heteroatoms. The Bertz CT molecular complexity index is 829. The first-order chi connectivity index (χ1) is 10.5. The molecule has 2 aromatic rings. The first-order valence-electron chi connectivity index (χ1n) is 6.36. The fourth-order valence-corrected chi connectivity index (χ4v) is 2.34. The Morgan fingerprint density at radius 1 is 1.14 bits per heavy atom. The number of hydrogen-bond acceptors (Lipinski definition) is 6. The number of aliphatic imine (C=N–C) groups is 1. The van der Waals surface area contributed by atoms with Gasteiger partial charge in [0.2, 0.25) is 0 Å². The zero-order chi connectivity index (χ0) is 15.9. The Balaban J connectivity index is 2.06. The van der Waals surface area contributed by atoms with E-state index in [0.717, 1.165) is 6.07 Å². The molecule has 2 aromatic carbocycles. The van der Waals surface area contributed by atoms with Crippen LogP contribution in [0.25, 0.3) is 0 Å². The number of rotatable bonds is 2. The van der Waals surface area contributed by atoms with Gasteiger partial charge in [-0.2, -0.15) is 0 Å². The molecular weight excluding hydrogens is 288 g/mol. The van der Waals surface area contributed by atoms with Crippen LogP contribution in [0.15, 0.2) is 41.4 Å². The highest BCUT2D eigenvalue weighted by atomic mass is 16.6. The second kappa shape index (κ2) is 4.96. The monoisotopic (exact) mass is 298 g/mol. The second-order valence-corrected chi connectivity index (χ2v) is 4.83. The molecule has 1 aliphatic heterocycles. The average Bonchev–Trinajstić information content (AvgIpc) is 2.49. The van der Waals surface area contributed by atoms with Crippen molar-refractivity contribution in [2.75, 3.05) is 0 Å². The maximum atomic E-state index is 12.5. The number of carbonyl (C=O) groups is 1. The van der Waals surface area contributed by atoms with Crippen molar-refractivity contribution < 1.29 is 19.9 Å². The number of phenolic OH excluding ortho intramolecular Hbond substituents is 2. The Labute approximate surface area is 124 Å². The van der Waals surface area contributed by atoms with Crippen LogP contribution in [0, 0.1) is 10.1 Å². The van der Waals surface area contributed by atoms with Gasteiger partial charge < -0.3 is 10.2 Å². The Hall–Kier alpha value is -3.22. The summed E-state index contributed by atoms with van der Waals surface area (Å²) in [4.78, 5) is 26.8. The smallest absolute Gasteiger partial charge is 0.311 e. The van der Waals surface area contributed by atoms with E-state index in [1.54, 1.807) is 0 Å². The number of phenols is 2. The number of carbonyl (C=O) groups excluding carboxylic acids is 1. The van der Waals surface area contributed by atoms with Gasteiger partial charge in [0.25, 0.3) is 0 Å². The quantitative estimate of drug-likeness (QED) is 0.653. The number of fused-ring (bicyclic) bond motifs is 1. The molecule has 1 atom stereocenters. The van der Waals surface area contributed by atoms with Crippen molar-refractivity contribution in [3.63, 3.8) is 0 Å². The number of nitrogens with zero attached hydrogens (tertiary/aromatic N) is 2. The average molecular weight is 298 g/mol. The zero-order valence-electron chi connectivity index (χ0n) is 11.1. The number of benzene rings is 2. The molecule has 2 N–H and O–H groups in total. The number of hydrogen-bond donors (Lipinski definition) is 2. The number of Topliss-reactive ketones (excluding diaryl/α,β-unsaturated/α-hetero) is 1. The van der Waals surface area contributed by atoms with Crippen LogP contribution in [0.5, 0.6) is 11.5 Å². The van der Waals surface area contributed by atoms with E-state index in [4.69, 9.17) is 0 Å². The molecular formula is C15H10N2O5. The van der Waals surface area contributed by atoms with Crippen molar-refractivity contribution in [3.8, 4) is 11.5 Å². The molecule has 0 aliphatic carbocycles. The Morgan fingerprint density at radius 2 is 1.91 bits per heavy atom. The second-order valence-electron chi connectivity index (χ2n) is 4.83. The van der Waals surface area contributed by atoms with E-state index >= 15 is 0 Å². The molecule has 0 spiro atoms. The number of nitro groups is 1. The van der Waals surface area contributed by atoms with Crippen LogP contribution in [-0.2, 0) is 0 Å². The summed E-state index contributed by atoms with van der Waals surface area (Å²) in [7, 11) is 0. The van der Waals surface area contributed by atoms with E-state index in [2.05, 4.69) is 4.99 Å². The van der Waals surface area contributed by atoms with Crippen molar-refractivity contribution in [2.45, 2.75) is 5.92 Å². The van der Waals surface area contributed by atoms with Crippen molar-refractivity contribution in [1.82, 2.24) is 0 Å². The molecule has 0 bridgehead atoms. The standard InChI is InChI=1S/C15H10N2O5/c18-9-2-3-12-10(6-9)15(20)11(7-16-12)8-1-4-14(19)13(5-8)17(21)22/h1-7,11,18-19H. The lowest BCUT2D eigenvalue weighted by Gasteiger charge is -2.17. The molecule has 22 heavy (non-hydrogen) atoms. The number of nitro benzene ring substituents is 1. The van der Waals surface area contributed by atoms with E-state index in [9.17, 15) is 25.1 Å². The minimum atomic E-state index is -0.798. The summed E-state index contributed by atoms with van der Waals surface area (Å²) < 4.78 is 0. The van der Waals surface area contributed by atoms with Gasteiger partial charge in [0, 0.05) is 17.8 Å². The fraction of sp³-hybridized carbons (Fsp3) is 0.0667. The van der Waals surface area contributed by atoms with Crippen molar-refractivity contribution in [1.29, 1.82) is 0 Å². The van der Waals surface area contributed by atoms with Crippen LogP contribution in [0.1, 0.15) is 21.8 Å². The summed E-state index contributed by atoms with van der Waals surface area (Å²) in [6.45, 7) is 0. The molecule has 0 aromatic heterocycles. The number of aromatic hydroxyl groups is 2. The summed E-state index contributed by atoms with van der Waals surface area (Å²) in [5.74, 6) is -1.64. The van der Waals surface area contributed by atoms with E-state index in [1.165, 1.54) is 36.5 Å². The van der Waals surface area contributed by atoms with Gasteiger partial charge in [0.05, 0.1) is 16.5 Å². The molecule has 1 unspecified atom stereocenters. The minimum absolute atomic E-state index is 0.0559. The molecule has 110 valence electrons. The third kappa shape index (κ3) is 2.18. The third-order valence-corrected chi connectivity index (χ3v) is 3.45. The van der Waals surface area contributed by atoms with Crippen LogP contribution in [0.2, 0.25) is 0 Å². The molecule has 1 aliphatic rings. The fourth-order valence-electron chi connectivity index (χ4n) is 2.34. The van der Waals surface area contributed by atoms with E-state index < -0.39 is 22.3 Å². The van der Waals surface area contributed by atoms with Gasteiger partial charge in [-0.3, -0.25) is 19.9 Å². The van der Waals surface area contributed by atoms with Gasteiger partial charge >= 0.3 is 5.69 Å². The highest BCUT2D eigenvalue weighted by Gasteiger charge is 2.28. The predicted molar refractivity (Wildman–Crippen MR) is 78.1 cm³/mol. The normalized spacial score (nSPS) is 16.4. The van der Waals surface area contributed by atoms with Gasteiger partial charge in [-0.1, -0.05) is 6.07 Å². The highest BCUT2D eigenvalue weighted by Crippen LogP contribution is 2.35. The van der Waals surface area contributed by atoms with E-state index in [1.807, 2.05) is 0 Å². The SMILES string of the molecule is O=C1c2cc(O)ccc2N=CC1c1ccc(O)c([N+](=O)[O-])c1. The molecule has 0 fully saturated rings. The Kier molecular flexibility index (Phi) is 3.10. The van der Waals surface area contributed by atoms with Crippen LogP contribution in [-0.4, -0.2) is 27.1 Å².